The van der Waals surface area contributed by atoms with Gasteiger partial charge in [-0.2, -0.15) is 5.26 Å². The largest absolute Gasteiger partial charge is 0.496 e. The summed E-state index contributed by atoms with van der Waals surface area (Å²) in [4.78, 5) is 29.5. The molecule has 3 N–H and O–H groups in total. The van der Waals surface area contributed by atoms with E-state index >= 15 is 0 Å². The molecule has 1 saturated carbocycles. The summed E-state index contributed by atoms with van der Waals surface area (Å²) in [5.41, 5.74) is 5.26. The van der Waals surface area contributed by atoms with Crippen molar-refractivity contribution in [2.45, 2.75) is 64.6 Å². The van der Waals surface area contributed by atoms with E-state index in [0.29, 0.717) is 5.56 Å². The molecular weight excluding hydrogens is 492 g/mol. The number of carbonyl (C=O) groups is 2. The number of carboxylic acid groups (broad SMARTS) is 1. The van der Waals surface area contributed by atoms with Gasteiger partial charge in [-0.15, -0.1) is 0 Å². The first-order chi connectivity index (χ1) is 18.7. The van der Waals surface area contributed by atoms with Crippen molar-refractivity contribution in [3.05, 3.63) is 64.8 Å². The number of aromatic amines is 1. The standard InChI is InChI=1S/C31H36N4O4/c1-19-12-27(39-3)25(24-8-10-33-29(19)24)18-35-11-9-31(14-21(15-31)17-32)16-26(35)22-4-6-23(7-5-22)30(38)34-20(2)13-28(36)37/h4-8,10,12,20-21,26,33H,9,11,13-16,18H2,1-3H3,(H,34,38)(H,36,37). The van der Waals surface area contributed by atoms with E-state index in [-0.39, 0.29) is 29.7 Å². The fraction of sp³-hybridized carbons (Fsp3) is 0.452. The number of H-pyrrole nitrogens is 1. The number of rotatable bonds is 8. The zero-order chi connectivity index (χ0) is 27.7. The fourth-order valence-corrected chi connectivity index (χ4v) is 6.60. The molecule has 39 heavy (non-hydrogen) atoms. The van der Waals surface area contributed by atoms with Crippen LogP contribution < -0.4 is 10.1 Å². The Labute approximate surface area is 229 Å². The summed E-state index contributed by atoms with van der Waals surface area (Å²) in [5, 5.41) is 22.4. The van der Waals surface area contributed by atoms with Crippen LogP contribution in [-0.4, -0.2) is 46.6 Å². The van der Waals surface area contributed by atoms with Crippen molar-refractivity contribution >= 4 is 22.8 Å². The number of nitrogens with one attached hydrogen (secondary N) is 2. The lowest BCUT2D eigenvalue weighted by Gasteiger charge is -2.53. The first kappa shape index (κ1) is 26.8. The number of hydrogen-bond acceptors (Lipinski definition) is 5. The molecule has 1 aliphatic carbocycles. The van der Waals surface area contributed by atoms with Crippen LogP contribution in [0.3, 0.4) is 0 Å². The number of piperidine rings is 1. The smallest absolute Gasteiger partial charge is 0.305 e. The number of nitrogens with zero attached hydrogens (tertiary/aromatic N) is 2. The highest BCUT2D eigenvalue weighted by molar-refractivity contribution is 5.94. The summed E-state index contributed by atoms with van der Waals surface area (Å²) in [5.74, 6) is -0.189. The average molecular weight is 529 g/mol. The van der Waals surface area contributed by atoms with Crippen molar-refractivity contribution in [2.24, 2.45) is 11.3 Å². The highest BCUT2D eigenvalue weighted by atomic mass is 16.5. The van der Waals surface area contributed by atoms with Gasteiger partial charge in [0.15, 0.2) is 0 Å². The molecule has 0 bridgehead atoms. The molecule has 204 valence electrons. The van der Waals surface area contributed by atoms with E-state index in [0.717, 1.165) is 66.7 Å². The van der Waals surface area contributed by atoms with Gasteiger partial charge in [0.25, 0.3) is 5.91 Å². The maximum Gasteiger partial charge on any atom is 0.305 e. The first-order valence-corrected chi connectivity index (χ1v) is 13.6. The summed E-state index contributed by atoms with van der Waals surface area (Å²) in [6.45, 7) is 5.42. The van der Waals surface area contributed by atoms with Crippen molar-refractivity contribution < 1.29 is 19.4 Å². The topological polar surface area (TPSA) is 118 Å². The van der Waals surface area contributed by atoms with Gasteiger partial charge in [0, 0.05) is 52.8 Å². The summed E-state index contributed by atoms with van der Waals surface area (Å²) in [6.07, 6.45) is 5.78. The molecule has 2 aliphatic rings. The number of likely N-dealkylation sites (tertiary alicyclic amines) is 1. The van der Waals surface area contributed by atoms with Crippen molar-refractivity contribution in [1.82, 2.24) is 15.2 Å². The lowest BCUT2D eigenvalue weighted by Crippen LogP contribution is -2.48. The molecule has 2 fully saturated rings. The molecule has 8 heteroatoms. The van der Waals surface area contributed by atoms with Gasteiger partial charge in [-0.1, -0.05) is 12.1 Å². The third kappa shape index (κ3) is 5.37. The molecule has 3 aromatic rings. The summed E-state index contributed by atoms with van der Waals surface area (Å²) >= 11 is 0. The van der Waals surface area contributed by atoms with Crippen molar-refractivity contribution in [3.8, 4) is 11.8 Å². The fourth-order valence-electron chi connectivity index (χ4n) is 6.60. The highest BCUT2D eigenvalue weighted by Gasteiger charge is 2.49. The van der Waals surface area contributed by atoms with E-state index < -0.39 is 12.0 Å². The van der Waals surface area contributed by atoms with E-state index in [2.05, 4.69) is 40.3 Å². The van der Waals surface area contributed by atoms with E-state index in [1.165, 1.54) is 5.39 Å². The summed E-state index contributed by atoms with van der Waals surface area (Å²) in [7, 11) is 1.72. The predicted octanol–water partition coefficient (Wildman–Crippen LogP) is 5.34. The number of carboxylic acids is 1. The number of ether oxygens (including phenoxy) is 1. The number of methoxy groups -OCH3 is 1. The van der Waals surface area contributed by atoms with Crippen LogP contribution in [0.15, 0.2) is 42.6 Å². The van der Waals surface area contributed by atoms with Gasteiger partial charge in [0.2, 0.25) is 0 Å². The van der Waals surface area contributed by atoms with E-state index in [4.69, 9.17) is 9.84 Å². The molecule has 5 rings (SSSR count). The molecule has 2 unspecified atom stereocenters. The second-order valence-electron chi connectivity index (χ2n) is 11.4. The zero-order valence-corrected chi connectivity index (χ0v) is 22.8. The minimum Gasteiger partial charge on any atom is -0.496 e. The Kier molecular flexibility index (Phi) is 7.37. The van der Waals surface area contributed by atoms with Crippen molar-refractivity contribution in [2.75, 3.05) is 13.7 Å². The number of aromatic nitrogens is 1. The molecule has 8 nitrogen and oxygen atoms in total. The van der Waals surface area contributed by atoms with Gasteiger partial charge < -0.3 is 20.1 Å². The van der Waals surface area contributed by atoms with E-state index in [9.17, 15) is 14.9 Å². The van der Waals surface area contributed by atoms with Crippen LogP contribution in [0.1, 0.15) is 72.1 Å². The monoisotopic (exact) mass is 528 g/mol. The van der Waals surface area contributed by atoms with E-state index in [1.54, 1.807) is 14.0 Å². The zero-order valence-electron chi connectivity index (χ0n) is 22.8. The Hall–Kier alpha value is -3.83. The number of carbonyl (C=O) groups excluding carboxylic acids is 1. The second kappa shape index (κ2) is 10.7. The Morgan fingerprint density at radius 1 is 1.26 bits per heavy atom. The summed E-state index contributed by atoms with van der Waals surface area (Å²) < 4.78 is 5.83. The molecule has 2 atom stereocenters. The number of hydrogen-bond donors (Lipinski definition) is 3. The minimum absolute atomic E-state index is 0.122. The van der Waals surface area contributed by atoms with Crippen molar-refractivity contribution in [1.29, 1.82) is 5.26 Å². The third-order valence-corrected chi connectivity index (χ3v) is 8.65. The molecule has 0 radical (unpaired) electrons. The number of amides is 1. The van der Waals surface area contributed by atoms with Crippen LogP contribution in [0.25, 0.3) is 10.9 Å². The number of aliphatic carboxylic acids is 1. The average Bonchev–Trinajstić information content (AvgIpc) is 3.39. The number of aryl methyl sites for hydroxylation is 1. The van der Waals surface area contributed by atoms with Gasteiger partial charge in [0.05, 0.1) is 19.6 Å². The number of fused-ring (bicyclic) bond motifs is 1. The van der Waals surface area contributed by atoms with Gasteiger partial charge in [-0.05, 0) is 86.9 Å². The first-order valence-electron chi connectivity index (χ1n) is 13.6. The highest BCUT2D eigenvalue weighted by Crippen LogP contribution is 2.56. The predicted molar refractivity (Wildman–Crippen MR) is 148 cm³/mol. The van der Waals surface area contributed by atoms with Crippen LogP contribution in [0, 0.1) is 29.6 Å². The van der Waals surface area contributed by atoms with Crippen LogP contribution in [0.2, 0.25) is 0 Å². The van der Waals surface area contributed by atoms with Crippen molar-refractivity contribution in [3.63, 3.8) is 0 Å². The normalized spacial score (nSPS) is 23.6. The van der Waals surface area contributed by atoms with Gasteiger partial charge >= 0.3 is 5.97 Å². The lowest BCUT2D eigenvalue weighted by molar-refractivity contribution is -0.137. The third-order valence-electron chi connectivity index (χ3n) is 8.65. The second-order valence-corrected chi connectivity index (χ2v) is 11.4. The Morgan fingerprint density at radius 3 is 2.67 bits per heavy atom. The Bertz CT molecular complexity index is 1410. The van der Waals surface area contributed by atoms with Gasteiger partial charge in [0.1, 0.15) is 5.75 Å². The molecule has 1 spiro atoms. The SMILES string of the molecule is COc1cc(C)c2[nH]ccc2c1CN1CCC2(CC(C#N)C2)CC1c1ccc(C(=O)NC(C)CC(=O)O)cc1. The molecule has 2 aromatic carbocycles. The quantitative estimate of drug-likeness (QED) is 0.363. The van der Waals surface area contributed by atoms with Crippen LogP contribution in [0.5, 0.6) is 5.75 Å². The van der Waals surface area contributed by atoms with Gasteiger partial charge in [-0.3, -0.25) is 14.5 Å². The maximum absolute atomic E-state index is 12.7. The number of benzene rings is 2. The van der Waals surface area contributed by atoms with Crippen LogP contribution in [-0.2, 0) is 11.3 Å². The van der Waals surface area contributed by atoms with Gasteiger partial charge in [-0.25, -0.2) is 0 Å². The van der Waals surface area contributed by atoms with Crippen LogP contribution >= 0.6 is 0 Å². The summed E-state index contributed by atoms with van der Waals surface area (Å²) in [6, 6.07) is 14.0. The van der Waals surface area contributed by atoms with E-state index in [1.807, 2.05) is 30.5 Å². The molecule has 1 amide bonds. The maximum atomic E-state index is 12.7. The molecule has 2 heterocycles. The Balaban J connectivity index is 1.42. The lowest BCUT2D eigenvalue weighted by atomic mass is 9.56. The molecule has 1 aromatic heterocycles. The molecule has 1 saturated heterocycles. The minimum atomic E-state index is -0.943. The molecular formula is C31H36N4O4. The molecule has 1 aliphatic heterocycles. The van der Waals surface area contributed by atoms with Crippen LogP contribution in [0.4, 0.5) is 0 Å². The number of nitriles is 1. The Morgan fingerprint density at radius 2 is 2.00 bits per heavy atom.